The summed E-state index contributed by atoms with van der Waals surface area (Å²) >= 11 is 0. The van der Waals surface area contributed by atoms with Crippen molar-refractivity contribution in [3.8, 4) is 0 Å². The molecule has 5 rings (SSSR count). The molecule has 3 heterocycles. The summed E-state index contributed by atoms with van der Waals surface area (Å²) in [4.78, 5) is 20.2. The molecule has 3 aliphatic rings. The predicted octanol–water partition coefficient (Wildman–Crippen LogP) is 2.66. The molecule has 25 heavy (non-hydrogen) atoms. The van der Waals surface area contributed by atoms with Gasteiger partial charge in [-0.3, -0.25) is 9.69 Å². The Hall–Kier alpha value is -1.88. The molecule has 2 aliphatic heterocycles. The number of carbonyl (C=O) groups is 1. The van der Waals surface area contributed by atoms with Crippen molar-refractivity contribution in [3.05, 3.63) is 30.1 Å². The van der Waals surface area contributed by atoms with Gasteiger partial charge in [0.05, 0.1) is 11.0 Å². The summed E-state index contributed by atoms with van der Waals surface area (Å²) in [6.07, 6.45) is 7.33. The highest BCUT2D eigenvalue weighted by molar-refractivity contribution is 5.81. The zero-order valence-corrected chi connectivity index (χ0v) is 14.7. The molecule has 132 valence electrons. The zero-order chi connectivity index (χ0) is 16.8. The number of piperidine rings is 1. The second-order valence-electron chi connectivity index (χ2n) is 7.88. The highest BCUT2D eigenvalue weighted by atomic mass is 16.2. The molecule has 1 amide bonds. The number of carbonyl (C=O) groups excluding carboxylic acids is 1. The Labute approximate surface area is 148 Å². The van der Waals surface area contributed by atoms with Gasteiger partial charge in [-0.1, -0.05) is 18.6 Å². The number of hydrogen-bond acceptors (Lipinski definition) is 3. The molecule has 2 saturated heterocycles. The second kappa shape index (κ2) is 6.13. The van der Waals surface area contributed by atoms with Gasteiger partial charge in [0.15, 0.2) is 0 Å². The molecule has 1 N–H and O–H groups in total. The van der Waals surface area contributed by atoms with E-state index < -0.39 is 0 Å². The lowest BCUT2D eigenvalue weighted by molar-refractivity contribution is -0.122. The van der Waals surface area contributed by atoms with E-state index in [9.17, 15) is 4.79 Å². The van der Waals surface area contributed by atoms with Crippen LogP contribution < -0.4 is 5.32 Å². The predicted molar refractivity (Wildman–Crippen MR) is 97.5 cm³/mol. The first-order valence-electron chi connectivity index (χ1n) is 9.78. The number of amides is 1. The van der Waals surface area contributed by atoms with Crippen molar-refractivity contribution < 1.29 is 4.79 Å². The monoisotopic (exact) mass is 338 g/mol. The third kappa shape index (κ3) is 2.84. The van der Waals surface area contributed by atoms with E-state index in [0.29, 0.717) is 24.5 Å². The minimum absolute atomic E-state index is 0.141. The van der Waals surface area contributed by atoms with Gasteiger partial charge in [-0.25, -0.2) is 4.98 Å². The number of fused-ring (bicyclic) bond motifs is 2. The van der Waals surface area contributed by atoms with Crippen LogP contribution in [0.4, 0.5) is 0 Å². The Kier molecular flexibility index (Phi) is 3.77. The molecule has 0 radical (unpaired) electrons. The van der Waals surface area contributed by atoms with Crippen molar-refractivity contribution in [2.75, 3.05) is 13.1 Å². The van der Waals surface area contributed by atoms with Crippen LogP contribution in [0, 0.1) is 0 Å². The molecular formula is C20H26N4O. The van der Waals surface area contributed by atoms with Gasteiger partial charge >= 0.3 is 0 Å². The molecule has 5 heteroatoms. The molecular weight excluding hydrogens is 312 g/mol. The van der Waals surface area contributed by atoms with Gasteiger partial charge in [-0.2, -0.15) is 0 Å². The van der Waals surface area contributed by atoms with Gasteiger partial charge in [0.1, 0.15) is 12.4 Å². The lowest BCUT2D eigenvalue weighted by Crippen LogP contribution is -2.47. The first kappa shape index (κ1) is 15.4. The molecule has 5 nitrogen and oxygen atoms in total. The molecule has 1 aliphatic carbocycles. The van der Waals surface area contributed by atoms with Gasteiger partial charge in [0.2, 0.25) is 5.91 Å². The van der Waals surface area contributed by atoms with Gasteiger partial charge < -0.3 is 9.88 Å². The van der Waals surface area contributed by atoms with Gasteiger partial charge in [0, 0.05) is 24.5 Å². The summed E-state index contributed by atoms with van der Waals surface area (Å²) < 4.78 is 2.15. The fourth-order valence-corrected chi connectivity index (χ4v) is 4.73. The molecule has 2 aromatic rings. The fraction of sp³-hybridized carbons (Fsp3) is 0.600. The number of imidazole rings is 1. The van der Waals surface area contributed by atoms with E-state index >= 15 is 0 Å². The minimum atomic E-state index is 0.141. The number of benzene rings is 1. The highest BCUT2D eigenvalue weighted by Crippen LogP contribution is 2.40. The van der Waals surface area contributed by atoms with Crippen LogP contribution in [0.5, 0.6) is 0 Å². The van der Waals surface area contributed by atoms with Crippen LogP contribution in [-0.4, -0.2) is 45.5 Å². The zero-order valence-electron chi connectivity index (χ0n) is 14.7. The maximum Gasteiger partial charge on any atom is 0.240 e. The van der Waals surface area contributed by atoms with Crippen molar-refractivity contribution in [2.45, 2.75) is 63.1 Å². The van der Waals surface area contributed by atoms with Crippen LogP contribution in [0.15, 0.2) is 24.3 Å². The number of para-hydroxylation sites is 2. The van der Waals surface area contributed by atoms with Crippen molar-refractivity contribution in [1.29, 1.82) is 0 Å². The summed E-state index contributed by atoms with van der Waals surface area (Å²) in [6.45, 7) is 2.74. The maximum atomic E-state index is 12.8. The van der Waals surface area contributed by atoms with Crippen LogP contribution in [-0.2, 0) is 11.3 Å². The van der Waals surface area contributed by atoms with Gasteiger partial charge in [-0.15, -0.1) is 0 Å². The van der Waals surface area contributed by atoms with Crippen molar-refractivity contribution in [2.24, 2.45) is 0 Å². The van der Waals surface area contributed by atoms with E-state index in [2.05, 4.69) is 20.9 Å². The molecule has 1 saturated carbocycles. The van der Waals surface area contributed by atoms with E-state index in [1.165, 1.54) is 38.6 Å². The molecule has 0 spiro atoms. The summed E-state index contributed by atoms with van der Waals surface area (Å²) in [7, 11) is 0. The fourth-order valence-electron chi connectivity index (χ4n) is 4.73. The third-order valence-corrected chi connectivity index (χ3v) is 6.13. The average Bonchev–Trinajstić information content (AvgIpc) is 3.31. The molecule has 3 fully saturated rings. The number of aromatic nitrogens is 2. The summed E-state index contributed by atoms with van der Waals surface area (Å²) in [5.41, 5.74) is 2.10. The van der Waals surface area contributed by atoms with Crippen LogP contribution in [0.3, 0.4) is 0 Å². The average molecular weight is 338 g/mol. The summed E-state index contributed by atoms with van der Waals surface area (Å²) in [5, 5.41) is 3.34. The SMILES string of the molecule is O=C(Cn1c(C2CC2)nc2ccccc21)N[C@H]1CCN2CCCC[C@@H]12. The normalized spacial score (nSPS) is 26.7. The topological polar surface area (TPSA) is 50.2 Å². The van der Waals surface area contributed by atoms with Gasteiger partial charge in [0.25, 0.3) is 0 Å². The lowest BCUT2D eigenvalue weighted by Gasteiger charge is -2.32. The molecule has 0 bridgehead atoms. The van der Waals surface area contributed by atoms with E-state index in [1.807, 2.05) is 18.2 Å². The van der Waals surface area contributed by atoms with E-state index in [0.717, 1.165) is 29.8 Å². The maximum absolute atomic E-state index is 12.8. The summed E-state index contributed by atoms with van der Waals surface area (Å²) in [6, 6.07) is 9.07. The van der Waals surface area contributed by atoms with Crippen LogP contribution in [0.1, 0.15) is 50.3 Å². The quantitative estimate of drug-likeness (QED) is 0.932. The Bertz CT molecular complexity index is 794. The standard InChI is InChI=1S/C20H26N4O/c25-19(21-16-10-12-23-11-4-3-6-17(16)23)13-24-18-7-2-1-5-15(18)22-20(24)14-8-9-14/h1-2,5,7,14,16-17H,3-4,6,8-13H2,(H,21,25)/t16-,17-/m0/s1. The number of nitrogens with one attached hydrogen (secondary N) is 1. The molecule has 2 atom stereocenters. The van der Waals surface area contributed by atoms with Crippen molar-refractivity contribution in [3.63, 3.8) is 0 Å². The third-order valence-electron chi connectivity index (χ3n) is 6.13. The lowest BCUT2D eigenvalue weighted by atomic mass is 9.99. The number of nitrogens with zero attached hydrogens (tertiary/aromatic N) is 3. The van der Waals surface area contributed by atoms with Crippen molar-refractivity contribution >= 4 is 16.9 Å². The molecule has 1 aromatic carbocycles. The van der Waals surface area contributed by atoms with Crippen LogP contribution >= 0.6 is 0 Å². The van der Waals surface area contributed by atoms with E-state index in [-0.39, 0.29) is 5.91 Å². The van der Waals surface area contributed by atoms with Crippen molar-refractivity contribution in [1.82, 2.24) is 19.8 Å². The highest BCUT2D eigenvalue weighted by Gasteiger charge is 2.36. The molecule has 0 unspecified atom stereocenters. The number of hydrogen-bond donors (Lipinski definition) is 1. The Balaban J connectivity index is 1.34. The molecule has 1 aromatic heterocycles. The summed E-state index contributed by atoms with van der Waals surface area (Å²) in [5.74, 6) is 1.78. The first-order chi connectivity index (χ1) is 12.3. The van der Waals surface area contributed by atoms with Crippen LogP contribution in [0.25, 0.3) is 11.0 Å². The van der Waals surface area contributed by atoms with Crippen LogP contribution in [0.2, 0.25) is 0 Å². The number of rotatable bonds is 4. The Morgan fingerprint density at radius 1 is 1.12 bits per heavy atom. The van der Waals surface area contributed by atoms with Gasteiger partial charge in [-0.05, 0) is 50.8 Å². The first-order valence-corrected chi connectivity index (χ1v) is 9.78. The smallest absolute Gasteiger partial charge is 0.240 e. The van der Waals surface area contributed by atoms with E-state index in [1.54, 1.807) is 0 Å². The van der Waals surface area contributed by atoms with E-state index in [4.69, 9.17) is 4.98 Å². The Morgan fingerprint density at radius 3 is 2.88 bits per heavy atom. The second-order valence-corrected chi connectivity index (χ2v) is 7.88. The largest absolute Gasteiger partial charge is 0.350 e. The Morgan fingerprint density at radius 2 is 2.00 bits per heavy atom. The minimum Gasteiger partial charge on any atom is -0.350 e.